The summed E-state index contributed by atoms with van der Waals surface area (Å²) in [6.07, 6.45) is 0. The molecule has 0 aliphatic rings. The molecule has 2 nitrogen and oxygen atoms in total. The summed E-state index contributed by atoms with van der Waals surface area (Å²) in [7, 11) is 1.97. The van der Waals surface area contributed by atoms with Crippen LogP contribution in [0.15, 0.2) is 12.1 Å². The molecule has 2 rings (SSSR count). The first-order chi connectivity index (χ1) is 7.56. The van der Waals surface area contributed by atoms with Crippen molar-refractivity contribution in [1.82, 2.24) is 10.3 Å². The van der Waals surface area contributed by atoms with E-state index in [1.165, 1.54) is 16.6 Å². The minimum absolute atomic E-state index is 0.325. The second kappa shape index (κ2) is 4.11. The molecule has 3 heteroatoms. The first-order valence-electron chi connectivity index (χ1n) is 5.50. The van der Waals surface area contributed by atoms with E-state index in [0.717, 1.165) is 16.1 Å². The molecule has 86 valence electrons. The van der Waals surface area contributed by atoms with Crippen LogP contribution in [0.5, 0.6) is 0 Å². The molecule has 0 saturated carbocycles. The standard InChI is InChI=1S/C13H17ClN2/c1-7-10-5-6-11(14)8(2)13(10)16-12(7)9(3)15-4/h5-6,9,15-16H,1-4H3. The third kappa shape index (κ3) is 1.62. The number of H-pyrrole nitrogens is 1. The van der Waals surface area contributed by atoms with E-state index in [-0.39, 0.29) is 0 Å². The van der Waals surface area contributed by atoms with Gasteiger partial charge in [-0.25, -0.2) is 0 Å². The second-order valence-electron chi connectivity index (χ2n) is 4.27. The second-order valence-corrected chi connectivity index (χ2v) is 4.68. The van der Waals surface area contributed by atoms with E-state index in [9.17, 15) is 0 Å². The largest absolute Gasteiger partial charge is 0.357 e. The maximum atomic E-state index is 6.13. The smallest absolute Gasteiger partial charge is 0.0503 e. The molecule has 1 atom stereocenters. The van der Waals surface area contributed by atoms with Crippen molar-refractivity contribution in [3.8, 4) is 0 Å². The van der Waals surface area contributed by atoms with Crippen LogP contribution in [0.2, 0.25) is 5.02 Å². The van der Waals surface area contributed by atoms with Crippen LogP contribution in [0, 0.1) is 13.8 Å². The highest BCUT2D eigenvalue weighted by molar-refractivity contribution is 6.32. The quantitative estimate of drug-likeness (QED) is 0.817. The fourth-order valence-corrected chi connectivity index (χ4v) is 2.27. The van der Waals surface area contributed by atoms with Gasteiger partial charge in [0.15, 0.2) is 0 Å². The summed E-state index contributed by atoms with van der Waals surface area (Å²) in [5.41, 5.74) is 4.82. The monoisotopic (exact) mass is 236 g/mol. The normalized spacial score (nSPS) is 13.3. The number of benzene rings is 1. The summed E-state index contributed by atoms with van der Waals surface area (Å²) >= 11 is 6.13. The van der Waals surface area contributed by atoms with Gasteiger partial charge in [0.2, 0.25) is 0 Å². The number of hydrogen-bond donors (Lipinski definition) is 2. The van der Waals surface area contributed by atoms with E-state index in [4.69, 9.17) is 11.6 Å². The topological polar surface area (TPSA) is 27.8 Å². The zero-order chi connectivity index (χ0) is 11.9. The van der Waals surface area contributed by atoms with Gasteiger partial charge in [-0.2, -0.15) is 0 Å². The van der Waals surface area contributed by atoms with E-state index in [1.807, 2.05) is 13.1 Å². The van der Waals surface area contributed by atoms with Crippen molar-refractivity contribution in [2.75, 3.05) is 7.05 Å². The molecular formula is C13H17ClN2. The van der Waals surface area contributed by atoms with Gasteiger partial charge in [0.05, 0.1) is 5.52 Å². The van der Waals surface area contributed by atoms with Crippen LogP contribution in [0.25, 0.3) is 10.9 Å². The number of rotatable bonds is 2. The number of fused-ring (bicyclic) bond motifs is 1. The number of halogens is 1. The summed E-state index contributed by atoms with van der Waals surface area (Å²) in [6.45, 7) is 6.35. The average Bonchev–Trinajstić information content (AvgIpc) is 2.61. The molecule has 0 spiro atoms. The van der Waals surface area contributed by atoms with E-state index >= 15 is 0 Å². The number of hydrogen-bond acceptors (Lipinski definition) is 1. The van der Waals surface area contributed by atoms with E-state index in [2.05, 4.69) is 37.1 Å². The molecule has 0 fully saturated rings. The Morgan fingerprint density at radius 2 is 1.94 bits per heavy atom. The zero-order valence-electron chi connectivity index (χ0n) is 10.1. The predicted molar refractivity (Wildman–Crippen MR) is 70.3 cm³/mol. The van der Waals surface area contributed by atoms with E-state index in [1.54, 1.807) is 0 Å². The molecule has 1 unspecified atom stereocenters. The predicted octanol–water partition coefficient (Wildman–Crippen LogP) is 3.72. The van der Waals surface area contributed by atoms with Gasteiger partial charge in [0.1, 0.15) is 0 Å². The molecule has 0 aliphatic heterocycles. The van der Waals surface area contributed by atoms with Gasteiger partial charge in [-0.3, -0.25) is 0 Å². The van der Waals surface area contributed by atoms with Crippen LogP contribution in [-0.4, -0.2) is 12.0 Å². The molecule has 2 aromatic rings. The zero-order valence-corrected chi connectivity index (χ0v) is 10.9. The van der Waals surface area contributed by atoms with Crippen molar-refractivity contribution in [1.29, 1.82) is 0 Å². The lowest BCUT2D eigenvalue weighted by Crippen LogP contribution is -2.13. The van der Waals surface area contributed by atoms with Crippen molar-refractivity contribution in [2.24, 2.45) is 0 Å². The maximum Gasteiger partial charge on any atom is 0.0503 e. The van der Waals surface area contributed by atoms with E-state index < -0.39 is 0 Å². The Morgan fingerprint density at radius 3 is 2.56 bits per heavy atom. The van der Waals surface area contributed by atoms with E-state index in [0.29, 0.717) is 6.04 Å². The van der Waals surface area contributed by atoms with Crippen LogP contribution in [-0.2, 0) is 0 Å². The first kappa shape index (κ1) is 11.5. The van der Waals surface area contributed by atoms with Gasteiger partial charge < -0.3 is 10.3 Å². The molecule has 0 aliphatic carbocycles. The minimum Gasteiger partial charge on any atom is -0.357 e. The molecular weight excluding hydrogens is 220 g/mol. The van der Waals surface area contributed by atoms with Gasteiger partial charge in [-0.15, -0.1) is 0 Å². The highest BCUT2D eigenvalue weighted by Crippen LogP contribution is 2.31. The van der Waals surface area contributed by atoms with Crippen molar-refractivity contribution in [2.45, 2.75) is 26.8 Å². The van der Waals surface area contributed by atoms with Crippen molar-refractivity contribution in [3.05, 3.63) is 34.0 Å². The summed E-state index contributed by atoms with van der Waals surface area (Å²) in [6, 6.07) is 4.38. The minimum atomic E-state index is 0.325. The Labute approximate surface area is 101 Å². The molecule has 1 aromatic heterocycles. The molecule has 1 heterocycles. The van der Waals surface area contributed by atoms with Crippen LogP contribution in [0.1, 0.15) is 29.8 Å². The Morgan fingerprint density at radius 1 is 1.25 bits per heavy atom. The fourth-order valence-electron chi connectivity index (χ4n) is 2.11. The lowest BCUT2D eigenvalue weighted by Gasteiger charge is -2.08. The number of aryl methyl sites for hydroxylation is 2. The molecule has 0 radical (unpaired) electrons. The lowest BCUT2D eigenvalue weighted by atomic mass is 10.1. The number of nitrogens with one attached hydrogen (secondary N) is 2. The Kier molecular flexibility index (Phi) is 2.96. The molecule has 0 amide bonds. The number of aromatic nitrogens is 1. The summed E-state index contributed by atoms with van der Waals surface area (Å²) in [5.74, 6) is 0. The highest BCUT2D eigenvalue weighted by Gasteiger charge is 2.14. The summed E-state index contributed by atoms with van der Waals surface area (Å²) in [5, 5.41) is 5.33. The fraction of sp³-hybridized carbons (Fsp3) is 0.385. The van der Waals surface area contributed by atoms with Crippen LogP contribution in [0.4, 0.5) is 0 Å². The molecule has 16 heavy (non-hydrogen) atoms. The van der Waals surface area contributed by atoms with Gasteiger partial charge in [-0.05, 0) is 45.0 Å². The summed E-state index contributed by atoms with van der Waals surface area (Å²) in [4.78, 5) is 3.48. The van der Waals surface area contributed by atoms with Gasteiger partial charge in [-0.1, -0.05) is 17.7 Å². The molecule has 0 bridgehead atoms. The van der Waals surface area contributed by atoms with Gasteiger partial charge in [0.25, 0.3) is 0 Å². The van der Waals surface area contributed by atoms with Gasteiger partial charge >= 0.3 is 0 Å². The average molecular weight is 237 g/mol. The van der Waals surface area contributed by atoms with Crippen molar-refractivity contribution >= 4 is 22.5 Å². The number of aromatic amines is 1. The maximum absolute atomic E-state index is 6.13. The highest BCUT2D eigenvalue weighted by atomic mass is 35.5. The van der Waals surface area contributed by atoms with Crippen LogP contribution in [0.3, 0.4) is 0 Å². The lowest BCUT2D eigenvalue weighted by molar-refractivity contribution is 0.634. The van der Waals surface area contributed by atoms with Crippen LogP contribution < -0.4 is 5.32 Å². The Balaban J connectivity index is 2.72. The van der Waals surface area contributed by atoms with Crippen LogP contribution >= 0.6 is 11.6 Å². The Bertz CT molecular complexity index is 528. The Hall–Kier alpha value is -0.990. The molecule has 0 saturated heterocycles. The first-order valence-corrected chi connectivity index (χ1v) is 5.88. The van der Waals surface area contributed by atoms with Crippen molar-refractivity contribution < 1.29 is 0 Å². The molecule has 2 N–H and O–H groups in total. The van der Waals surface area contributed by atoms with Gasteiger partial charge in [0, 0.05) is 22.1 Å². The van der Waals surface area contributed by atoms with Crippen molar-refractivity contribution in [3.63, 3.8) is 0 Å². The third-order valence-corrected chi connectivity index (χ3v) is 3.74. The SMILES string of the molecule is CNC(C)c1[nH]c2c(C)c(Cl)ccc2c1C. The summed E-state index contributed by atoms with van der Waals surface area (Å²) < 4.78 is 0. The molecule has 1 aromatic carbocycles. The third-order valence-electron chi connectivity index (χ3n) is 3.33.